The fourth-order valence-corrected chi connectivity index (χ4v) is 2.60. The molecule has 0 bridgehead atoms. The lowest BCUT2D eigenvalue weighted by Gasteiger charge is -2.25. The average Bonchev–Trinajstić information content (AvgIpc) is 2.35. The summed E-state index contributed by atoms with van der Waals surface area (Å²) in [5.74, 6) is 0.401. The van der Waals surface area contributed by atoms with Gasteiger partial charge in [0.2, 0.25) is 11.8 Å². The first-order valence-corrected chi connectivity index (χ1v) is 7.71. The number of aliphatic hydroxyl groups is 1. The highest BCUT2D eigenvalue weighted by molar-refractivity contribution is 5.78. The molecule has 1 aliphatic carbocycles. The average molecular weight is 284 g/mol. The molecule has 2 amide bonds. The molecule has 1 aliphatic rings. The van der Waals surface area contributed by atoms with Crippen molar-refractivity contribution in [3.8, 4) is 0 Å². The molecule has 0 saturated heterocycles. The summed E-state index contributed by atoms with van der Waals surface area (Å²) >= 11 is 0. The van der Waals surface area contributed by atoms with Crippen LogP contribution in [-0.4, -0.2) is 35.6 Å². The third kappa shape index (κ3) is 7.48. The summed E-state index contributed by atoms with van der Waals surface area (Å²) in [6.07, 6.45) is 4.95. The van der Waals surface area contributed by atoms with Gasteiger partial charge >= 0.3 is 0 Å². The lowest BCUT2D eigenvalue weighted by molar-refractivity contribution is -0.122. The van der Waals surface area contributed by atoms with E-state index < -0.39 is 0 Å². The molecule has 20 heavy (non-hydrogen) atoms. The molecule has 116 valence electrons. The molecule has 2 unspecified atom stereocenters. The van der Waals surface area contributed by atoms with E-state index in [1.807, 2.05) is 13.8 Å². The van der Waals surface area contributed by atoms with Gasteiger partial charge in [-0.25, -0.2) is 0 Å². The normalized spacial score (nSPS) is 22.6. The molecule has 0 aromatic carbocycles. The van der Waals surface area contributed by atoms with Crippen molar-refractivity contribution >= 4 is 11.8 Å². The molecular weight excluding hydrogens is 256 g/mol. The first kappa shape index (κ1) is 17.0. The number of rotatable bonds is 7. The van der Waals surface area contributed by atoms with Gasteiger partial charge in [-0.1, -0.05) is 6.42 Å². The lowest BCUT2D eigenvalue weighted by atomic mass is 9.87. The Morgan fingerprint density at radius 3 is 2.55 bits per heavy atom. The van der Waals surface area contributed by atoms with Gasteiger partial charge in [0.1, 0.15) is 0 Å². The Labute approximate surface area is 121 Å². The van der Waals surface area contributed by atoms with Crippen molar-refractivity contribution in [1.82, 2.24) is 10.6 Å². The van der Waals surface area contributed by atoms with E-state index in [9.17, 15) is 14.7 Å². The van der Waals surface area contributed by atoms with E-state index in [2.05, 4.69) is 10.6 Å². The van der Waals surface area contributed by atoms with Crippen molar-refractivity contribution in [2.45, 2.75) is 70.9 Å². The molecule has 5 nitrogen and oxygen atoms in total. The minimum atomic E-state index is -0.203. The molecule has 1 fully saturated rings. The SMILES string of the molecule is CC(C)NC(=O)CCCC(=O)NCC1CCCC(O)C1. The number of hydrogen-bond donors (Lipinski definition) is 3. The van der Waals surface area contributed by atoms with Crippen molar-refractivity contribution in [3.63, 3.8) is 0 Å². The smallest absolute Gasteiger partial charge is 0.220 e. The van der Waals surface area contributed by atoms with Gasteiger partial charge in [0.15, 0.2) is 0 Å². The zero-order valence-electron chi connectivity index (χ0n) is 12.7. The van der Waals surface area contributed by atoms with Gasteiger partial charge in [-0.2, -0.15) is 0 Å². The van der Waals surface area contributed by atoms with Crippen LogP contribution in [0.15, 0.2) is 0 Å². The van der Waals surface area contributed by atoms with Gasteiger partial charge in [0.05, 0.1) is 6.10 Å². The number of hydrogen-bond acceptors (Lipinski definition) is 3. The number of nitrogens with one attached hydrogen (secondary N) is 2. The quantitative estimate of drug-likeness (QED) is 0.660. The highest BCUT2D eigenvalue weighted by Crippen LogP contribution is 2.23. The number of carbonyl (C=O) groups excluding carboxylic acids is 2. The van der Waals surface area contributed by atoms with Crippen LogP contribution in [0.4, 0.5) is 0 Å². The fourth-order valence-electron chi connectivity index (χ4n) is 2.60. The highest BCUT2D eigenvalue weighted by atomic mass is 16.3. The highest BCUT2D eigenvalue weighted by Gasteiger charge is 2.20. The second-order valence-electron chi connectivity index (χ2n) is 6.07. The maximum Gasteiger partial charge on any atom is 0.220 e. The molecule has 0 aromatic heterocycles. The summed E-state index contributed by atoms with van der Waals surface area (Å²) in [6.45, 7) is 4.49. The Balaban J connectivity index is 2.07. The Kier molecular flexibility index (Phi) is 7.59. The molecule has 3 N–H and O–H groups in total. The molecule has 1 saturated carbocycles. The Morgan fingerprint density at radius 2 is 1.90 bits per heavy atom. The summed E-state index contributed by atoms with van der Waals surface area (Å²) in [7, 11) is 0. The standard InChI is InChI=1S/C15H28N2O3/c1-11(2)17-15(20)8-4-7-14(19)16-10-12-5-3-6-13(18)9-12/h11-13,18H,3-10H2,1-2H3,(H,16,19)(H,17,20). The van der Waals surface area contributed by atoms with E-state index >= 15 is 0 Å². The lowest BCUT2D eigenvalue weighted by Crippen LogP contribution is -2.33. The van der Waals surface area contributed by atoms with Crippen LogP contribution in [0.5, 0.6) is 0 Å². The summed E-state index contributed by atoms with van der Waals surface area (Å²) in [5, 5.41) is 15.3. The fraction of sp³-hybridized carbons (Fsp3) is 0.867. The Morgan fingerprint density at radius 1 is 1.20 bits per heavy atom. The Bertz CT molecular complexity index is 318. The number of carbonyl (C=O) groups is 2. The zero-order valence-corrected chi connectivity index (χ0v) is 12.7. The van der Waals surface area contributed by atoms with Crippen LogP contribution in [0.1, 0.15) is 58.8 Å². The summed E-state index contributed by atoms with van der Waals surface area (Å²) in [5.41, 5.74) is 0. The molecule has 5 heteroatoms. The third-order valence-corrected chi connectivity index (χ3v) is 3.60. The van der Waals surface area contributed by atoms with Crippen LogP contribution in [0.3, 0.4) is 0 Å². The first-order valence-electron chi connectivity index (χ1n) is 7.71. The van der Waals surface area contributed by atoms with Gasteiger partial charge in [-0.3, -0.25) is 9.59 Å². The van der Waals surface area contributed by atoms with Crippen LogP contribution in [-0.2, 0) is 9.59 Å². The van der Waals surface area contributed by atoms with Gasteiger partial charge in [0.25, 0.3) is 0 Å². The summed E-state index contributed by atoms with van der Waals surface area (Å²) < 4.78 is 0. The monoisotopic (exact) mass is 284 g/mol. The zero-order chi connectivity index (χ0) is 15.0. The Hall–Kier alpha value is -1.10. The molecule has 0 aromatic rings. The topological polar surface area (TPSA) is 78.4 Å². The molecular formula is C15H28N2O3. The van der Waals surface area contributed by atoms with Crippen LogP contribution >= 0.6 is 0 Å². The maximum atomic E-state index is 11.7. The van der Waals surface area contributed by atoms with E-state index in [1.165, 1.54) is 0 Å². The third-order valence-electron chi connectivity index (χ3n) is 3.60. The van der Waals surface area contributed by atoms with E-state index in [-0.39, 0.29) is 24.0 Å². The second kappa shape index (κ2) is 8.95. The van der Waals surface area contributed by atoms with E-state index in [1.54, 1.807) is 0 Å². The minimum absolute atomic E-state index is 0.00223. The van der Waals surface area contributed by atoms with E-state index in [0.29, 0.717) is 31.7 Å². The van der Waals surface area contributed by atoms with E-state index in [0.717, 1.165) is 25.7 Å². The van der Waals surface area contributed by atoms with Crippen LogP contribution < -0.4 is 10.6 Å². The largest absolute Gasteiger partial charge is 0.393 e. The molecule has 0 spiro atoms. The predicted octanol–water partition coefficient (Wildman–Crippen LogP) is 1.35. The maximum absolute atomic E-state index is 11.7. The summed E-state index contributed by atoms with van der Waals surface area (Å²) in [6, 6.07) is 0.147. The first-order chi connectivity index (χ1) is 9.47. The van der Waals surface area contributed by atoms with Gasteiger partial charge in [-0.15, -0.1) is 0 Å². The summed E-state index contributed by atoms with van der Waals surface area (Å²) in [4.78, 5) is 23.1. The van der Waals surface area contributed by atoms with Crippen LogP contribution in [0.2, 0.25) is 0 Å². The van der Waals surface area contributed by atoms with Crippen molar-refractivity contribution < 1.29 is 14.7 Å². The second-order valence-corrected chi connectivity index (χ2v) is 6.07. The van der Waals surface area contributed by atoms with Crippen LogP contribution in [0, 0.1) is 5.92 Å². The molecule has 0 radical (unpaired) electrons. The van der Waals surface area contributed by atoms with Crippen molar-refractivity contribution in [2.75, 3.05) is 6.54 Å². The molecule has 0 heterocycles. The van der Waals surface area contributed by atoms with Crippen molar-refractivity contribution in [3.05, 3.63) is 0 Å². The predicted molar refractivity (Wildman–Crippen MR) is 78.1 cm³/mol. The number of aliphatic hydroxyl groups excluding tert-OH is 1. The van der Waals surface area contributed by atoms with Gasteiger partial charge in [0, 0.05) is 25.4 Å². The van der Waals surface area contributed by atoms with Crippen molar-refractivity contribution in [1.29, 1.82) is 0 Å². The minimum Gasteiger partial charge on any atom is -0.393 e. The molecule has 0 aliphatic heterocycles. The van der Waals surface area contributed by atoms with Crippen LogP contribution in [0.25, 0.3) is 0 Å². The van der Waals surface area contributed by atoms with Gasteiger partial charge < -0.3 is 15.7 Å². The molecule has 2 atom stereocenters. The molecule has 1 rings (SSSR count). The van der Waals surface area contributed by atoms with E-state index in [4.69, 9.17) is 0 Å². The van der Waals surface area contributed by atoms with Gasteiger partial charge in [-0.05, 0) is 45.4 Å². The van der Waals surface area contributed by atoms with Crippen molar-refractivity contribution in [2.24, 2.45) is 5.92 Å². The number of amides is 2.